The van der Waals surface area contributed by atoms with Crippen LogP contribution in [0.5, 0.6) is 11.5 Å². The predicted molar refractivity (Wildman–Crippen MR) is 321 cm³/mol. The molecular weight excluding hydrogens is 1130 g/mol. The van der Waals surface area contributed by atoms with Gasteiger partial charge in [0.2, 0.25) is 0 Å². The maximum Gasteiger partial charge on any atom is 0.474 e. The summed E-state index contributed by atoms with van der Waals surface area (Å²) in [7, 11) is -3.08. The Bertz CT molecular complexity index is 3190. The van der Waals surface area contributed by atoms with Crippen molar-refractivity contribution >= 4 is 13.9 Å². The number of phosphoric acid groups is 1. The van der Waals surface area contributed by atoms with Crippen LogP contribution >= 0.6 is 7.82 Å². The predicted octanol–water partition coefficient (Wildman–Crippen LogP) is 12.4. The van der Waals surface area contributed by atoms with E-state index in [-0.39, 0.29) is 79.0 Å². The number of azide groups is 1. The zero-order valence-corrected chi connectivity index (χ0v) is 49.2. The van der Waals surface area contributed by atoms with Gasteiger partial charge >= 0.3 is 13.9 Å². The lowest BCUT2D eigenvalue weighted by Gasteiger charge is -2.46. The van der Waals surface area contributed by atoms with E-state index in [4.69, 9.17) is 60.9 Å². The van der Waals surface area contributed by atoms with Gasteiger partial charge in [-0.05, 0) is 63.2 Å². The highest BCUT2D eigenvalue weighted by atomic mass is 31.2. The molecular formula is C66H72N5O15P. The van der Waals surface area contributed by atoms with Gasteiger partial charge in [0.05, 0.1) is 79.1 Å². The molecule has 1 N–H and O–H groups in total. The van der Waals surface area contributed by atoms with Gasteiger partial charge < -0.3 is 52.7 Å². The lowest BCUT2D eigenvalue weighted by molar-refractivity contribution is -0.314. The first-order valence-corrected chi connectivity index (χ1v) is 29.9. The molecule has 456 valence electrons. The van der Waals surface area contributed by atoms with E-state index in [2.05, 4.69) is 15.3 Å². The molecule has 1 fully saturated rings. The number of alkyl carbamates (subject to hydrolysis) is 1. The van der Waals surface area contributed by atoms with Gasteiger partial charge in [-0.25, -0.2) is 9.36 Å². The number of rotatable bonds is 37. The fraction of sp³-hybridized carbons (Fsp3) is 0.333. The summed E-state index contributed by atoms with van der Waals surface area (Å²) in [6.45, 7) is -1.29. The molecule has 20 nitrogen and oxygen atoms in total. The van der Waals surface area contributed by atoms with Gasteiger partial charge in [0.15, 0.2) is 6.29 Å². The second-order valence-electron chi connectivity index (χ2n) is 19.8. The molecule has 0 aromatic heterocycles. The first-order valence-electron chi connectivity index (χ1n) is 28.5. The number of ether oxygens (including phenoxy) is 10. The Morgan fingerprint density at radius 3 is 1.60 bits per heavy atom. The third-order valence-corrected chi connectivity index (χ3v) is 15.0. The van der Waals surface area contributed by atoms with Crippen molar-refractivity contribution in [2.24, 2.45) is 5.11 Å². The van der Waals surface area contributed by atoms with Crippen LogP contribution in [-0.4, -0.2) is 102 Å². The molecule has 0 saturated carbocycles. The molecule has 9 atom stereocenters. The first-order chi connectivity index (χ1) is 42.8. The third-order valence-electron chi connectivity index (χ3n) is 13.6. The van der Waals surface area contributed by atoms with Crippen molar-refractivity contribution in [1.82, 2.24) is 5.32 Å². The van der Waals surface area contributed by atoms with Gasteiger partial charge in [-0.15, -0.1) is 0 Å². The molecule has 0 spiro atoms. The Hall–Kier alpha value is -7.96. The van der Waals surface area contributed by atoms with Crippen LogP contribution in [0.25, 0.3) is 10.4 Å². The number of nitrogens with one attached hydrogen (secondary N) is 1. The summed E-state index contributed by atoms with van der Waals surface area (Å²) in [5.41, 5.74) is 15.5. The number of phosphoric ester groups is 1. The second-order valence-corrected chi connectivity index (χ2v) is 21.5. The summed E-state index contributed by atoms with van der Waals surface area (Å²) in [6.07, 6.45) is -9.10. The number of carbonyl (C=O) groups excluding carboxylic acids is 1. The Kier molecular flexibility index (Phi) is 27.1. The minimum Gasteiger partial charge on any atom is -0.497 e. The molecule has 8 rings (SSSR count). The smallest absolute Gasteiger partial charge is 0.474 e. The van der Waals surface area contributed by atoms with E-state index >= 15 is 0 Å². The van der Waals surface area contributed by atoms with Crippen LogP contribution in [0.1, 0.15) is 39.8 Å². The fourth-order valence-corrected chi connectivity index (χ4v) is 10.3. The van der Waals surface area contributed by atoms with Gasteiger partial charge in [-0.3, -0.25) is 13.6 Å². The second kappa shape index (κ2) is 36.2. The van der Waals surface area contributed by atoms with E-state index in [0.29, 0.717) is 11.5 Å². The van der Waals surface area contributed by atoms with E-state index < -0.39 is 69.5 Å². The highest BCUT2D eigenvalue weighted by Crippen LogP contribution is 2.50. The van der Waals surface area contributed by atoms with Gasteiger partial charge in [0.25, 0.3) is 0 Å². The van der Waals surface area contributed by atoms with Crippen molar-refractivity contribution in [2.45, 2.75) is 95.0 Å². The van der Waals surface area contributed by atoms with Crippen molar-refractivity contribution in [3.05, 3.63) is 250 Å². The molecule has 87 heavy (non-hydrogen) atoms. The monoisotopic (exact) mass is 1210 g/mol. The quantitative estimate of drug-likeness (QED) is 0.0125. The lowest BCUT2D eigenvalue weighted by atomic mass is 9.96. The molecule has 1 aliphatic rings. The number of nitriles is 1. The molecule has 21 heteroatoms. The van der Waals surface area contributed by atoms with E-state index in [1.165, 1.54) is 0 Å². The molecule has 1 unspecified atom stereocenters. The zero-order valence-electron chi connectivity index (χ0n) is 48.3. The van der Waals surface area contributed by atoms with Crippen molar-refractivity contribution in [3.8, 4) is 17.6 Å². The SMILES string of the molecule is COc1ccc(OC[C@@H](OCc2ccccc2)[C@@H](O[C@@H]2O[C@H](COCc3ccccc3)[C@@H](OCc3ccccc3)[C@H](OCc3ccccc3)[C@H]2N=[N+]=[N-])[C@H](COP(=O)(OCCC#N)OCCNC(=O)OCc2ccccc2)OCc2ccccc2)cc1. The average molecular weight is 1210 g/mol. The topological polar surface area (TPSA) is 239 Å². The summed E-state index contributed by atoms with van der Waals surface area (Å²) in [5.74, 6) is 1.05. The minimum atomic E-state index is -4.64. The molecule has 0 aliphatic carbocycles. The van der Waals surface area contributed by atoms with Crippen LogP contribution in [0.4, 0.5) is 4.79 Å². The molecule has 1 aliphatic heterocycles. The standard InChI is InChI=1S/C66H72N5O15P/c1-74-56-33-35-57(36-34-56)76-48-58(77-42-51-23-10-3-11-24-51)62(59(78-43-52-25-12-4-13-26-52)49-84-87(73,82-39-20-37-67)83-40-38-69-66(72)81-46-55-31-18-7-19-32-55)86-65-61(70-71-68)64(80-45-54-29-16-6-17-30-54)63(79-44-53-27-14-5-15-28-53)60(85-65)47-75-41-50-21-8-2-9-22-50/h2-19,21-36,58-65H,20,38-49H2,1H3,(H,69,72)/t58-,59+,60-,61-,62-,63-,64-,65+,87?/m1/s1. The number of amides is 1. The number of nitrogens with zero attached hydrogens (tertiary/aromatic N) is 4. The Balaban J connectivity index is 1.18. The van der Waals surface area contributed by atoms with E-state index in [1.807, 2.05) is 188 Å². The molecule has 1 heterocycles. The van der Waals surface area contributed by atoms with E-state index in [9.17, 15) is 20.2 Å². The normalized spacial score (nSPS) is 18.1. The number of carbonyl (C=O) groups is 1. The fourth-order valence-electron chi connectivity index (χ4n) is 9.13. The summed E-state index contributed by atoms with van der Waals surface area (Å²) in [5, 5.41) is 16.5. The molecule has 1 saturated heterocycles. The van der Waals surface area contributed by atoms with Crippen LogP contribution in [0.3, 0.4) is 0 Å². The molecule has 7 aromatic rings. The van der Waals surface area contributed by atoms with E-state index in [1.54, 1.807) is 31.4 Å². The summed E-state index contributed by atoms with van der Waals surface area (Å²) in [6, 6.07) is 64.4. The minimum absolute atomic E-state index is 0.0173. The Morgan fingerprint density at radius 1 is 0.609 bits per heavy atom. The lowest BCUT2D eigenvalue weighted by Crippen LogP contribution is -2.62. The molecule has 0 bridgehead atoms. The average Bonchev–Trinajstić information content (AvgIpc) is 1.70. The first kappa shape index (κ1) is 65.0. The largest absolute Gasteiger partial charge is 0.497 e. The third kappa shape index (κ3) is 22.1. The maximum absolute atomic E-state index is 14.9. The van der Waals surface area contributed by atoms with Gasteiger partial charge in [-0.2, -0.15) is 5.26 Å². The van der Waals surface area contributed by atoms with Crippen molar-refractivity contribution in [3.63, 3.8) is 0 Å². The molecule has 7 aromatic carbocycles. The van der Waals surface area contributed by atoms with Crippen molar-refractivity contribution in [2.75, 3.05) is 46.7 Å². The molecule has 0 radical (unpaired) electrons. The van der Waals surface area contributed by atoms with Crippen LogP contribution < -0.4 is 14.8 Å². The van der Waals surface area contributed by atoms with Crippen LogP contribution in [0.15, 0.2) is 211 Å². The summed E-state index contributed by atoms with van der Waals surface area (Å²) in [4.78, 5) is 16.1. The Morgan fingerprint density at radius 2 is 1.08 bits per heavy atom. The Labute approximate surface area is 507 Å². The van der Waals surface area contributed by atoms with Crippen molar-refractivity contribution in [1.29, 1.82) is 5.26 Å². The maximum atomic E-state index is 14.9. The van der Waals surface area contributed by atoms with Gasteiger partial charge in [0.1, 0.15) is 67.4 Å². The van der Waals surface area contributed by atoms with Crippen molar-refractivity contribution < 1.29 is 70.3 Å². The number of methoxy groups -OCH3 is 1. The number of hydrogen-bond acceptors (Lipinski definition) is 17. The van der Waals surface area contributed by atoms with Crippen LogP contribution in [0.2, 0.25) is 0 Å². The number of hydrogen-bond donors (Lipinski definition) is 1. The highest BCUT2D eigenvalue weighted by molar-refractivity contribution is 7.48. The van der Waals surface area contributed by atoms with Crippen LogP contribution in [-0.2, 0) is 95.7 Å². The van der Waals surface area contributed by atoms with Crippen LogP contribution in [0, 0.1) is 11.3 Å². The zero-order chi connectivity index (χ0) is 60.6. The molecule has 1 amide bonds. The summed E-state index contributed by atoms with van der Waals surface area (Å²) >= 11 is 0. The number of benzene rings is 7. The highest BCUT2D eigenvalue weighted by Gasteiger charge is 2.50. The van der Waals surface area contributed by atoms with Gasteiger partial charge in [-0.1, -0.05) is 187 Å². The van der Waals surface area contributed by atoms with E-state index in [0.717, 1.165) is 33.4 Å². The summed E-state index contributed by atoms with van der Waals surface area (Å²) < 4.78 is 98.4. The van der Waals surface area contributed by atoms with Gasteiger partial charge in [0, 0.05) is 11.5 Å².